The van der Waals surface area contributed by atoms with Gasteiger partial charge in [0.2, 0.25) is 5.88 Å². The number of carbonyl (C=O) groups excluding carboxylic acids is 1. The van der Waals surface area contributed by atoms with Crippen molar-refractivity contribution in [2.24, 2.45) is 5.92 Å². The number of piperazine rings is 1. The lowest BCUT2D eigenvalue weighted by Crippen LogP contribution is -2.45. The number of likely N-dealkylation sites (N-methyl/N-ethyl adjacent to an activating group) is 1. The highest BCUT2D eigenvalue weighted by molar-refractivity contribution is 5.94. The van der Waals surface area contributed by atoms with Crippen molar-refractivity contribution in [2.75, 3.05) is 44.7 Å². The molecule has 0 radical (unpaired) electrons. The Bertz CT molecular complexity index is 1130. The van der Waals surface area contributed by atoms with Gasteiger partial charge in [0.05, 0.1) is 12.1 Å². The number of rotatable bonds is 8. The molecule has 1 aliphatic heterocycles. The van der Waals surface area contributed by atoms with Crippen LogP contribution in [0.25, 0.3) is 11.3 Å². The van der Waals surface area contributed by atoms with Crippen LogP contribution in [0.5, 0.6) is 0 Å². The number of aromatic nitrogens is 1. The van der Waals surface area contributed by atoms with E-state index in [4.69, 9.17) is 4.52 Å². The van der Waals surface area contributed by atoms with E-state index in [1.165, 1.54) is 12.1 Å². The Kier molecular flexibility index (Phi) is 7.86. The molecular formula is C28H35FN4O2. The molecule has 4 rings (SSSR count). The summed E-state index contributed by atoms with van der Waals surface area (Å²) in [6.45, 7) is 10.8. The van der Waals surface area contributed by atoms with Crippen molar-refractivity contribution >= 4 is 11.8 Å². The van der Waals surface area contributed by atoms with Crippen LogP contribution in [0, 0.1) is 18.7 Å². The van der Waals surface area contributed by atoms with Gasteiger partial charge in [0.15, 0.2) is 0 Å². The van der Waals surface area contributed by atoms with Crippen molar-refractivity contribution in [3.8, 4) is 11.3 Å². The zero-order valence-corrected chi connectivity index (χ0v) is 21.1. The molecule has 1 saturated heterocycles. The van der Waals surface area contributed by atoms with Gasteiger partial charge in [0.1, 0.15) is 11.5 Å². The maximum atomic E-state index is 13.7. The minimum atomic E-state index is -0.300. The largest absolute Gasteiger partial charge is 0.338 e. The highest BCUT2D eigenvalue weighted by Gasteiger charge is 2.28. The Morgan fingerprint density at radius 3 is 2.49 bits per heavy atom. The van der Waals surface area contributed by atoms with E-state index in [1.54, 1.807) is 12.1 Å². The fraction of sp³-hybridized carbons (Fsp3) is 0.429. The van der Waals surface area contributed by atoms with E-state index >= 15 is 0 Å². The summed E-state index contributed by atoms with van der Waals surface area (Å²) >= 11 is 0. The molecule has 186 valence electrons. The third kappa shape index (κ3) is 6.09. The highest BCUT2D eigenvalue weighted by atomic mass is 19.1. The summed E-state index contributed by atoms with van der Waals surface area (Å²) in [5, 5.41) is 4.41. The summed E-state index contributed by atoms with van der Waals surface area (Å²) in [6, 6.07) is 14.0. The predicted molar refractivity (Wildman–Crippen MR) is 137 cm³/mol. The quantitative estimate of drug-likeness (QED) is 0.444. The van der Waals surface area contributed by atoms with Gasteiger partial charge in [-0.2, -0.15) is 0 Å². The van der Waals surface area contributed by atoms with Crippen LogP contribution in [0.2, 0.25) is 0 Å². The fourth-order valence-corrected chi connectivity index (χ4v) is 4.35. The third-order valence-electron chi connectivity index (χ3n) is 6.55. The average molecular weight is 479 g/mol. The Morgan fingerprint density at radius 2 is 1.83 bits per heavy atom. The standard InChI is InChI=1S/C28H35FN4O2/c1-20(2)12-13-33(27(34)23-7-5-6-21(3)18-23)19-25-26(22-8-10-24(29)11-9-22)30-35-28(25)32-16-14-31(4)15-17-32/h5-11,18,20H,12-17,19H2,1-4H3. The third-order valence-corrected chi connectivity index (χ3v) is 6.55. The van der Waals surface area contributed by atoms with Crippen LogP contribution in [0.1, 0.15) is 41.8 Å². The van der Waals surface area contributed by atoms with Gasteiger partial charge in [-0.25, -0.2) is 4.39 Å². The van der Waals surface area contributed by atoms with Crippen molar-refractivity contribution in [3.63, 3.8) is 0 Å². The van der Waals surface area contributed by atoms with Crippen LogP contribution < -0.4 is 4.90 Å². The predicted octanol–water partition coefficient (Wildman–Crippen LogP) is 5.23. The van der Waals surface area contributed by atoms with E-state index in [2.05, 4.69) is 35.9 Å². The molecule has 1 aliphatic rings. The molecule has 1 amide bonds. The first-order valence-corrected chi connectivity index (χ1v) is 12.4. The summed E-state index contributed by atoms with van der Waals surface area (Å²) in [4.78, 5) is 20.0. The van der Waals surface area contributed by atoms with Gasteiger partial charge >= 0.3 is 0 Å². The molecule has 35 heavy (non-hydrogen) atoms. The van der Waals surface area contributed by atoms with E-state index in [0.29, 0.717) is 36.1 Å². The molecular weight excluding hydrogens is 443 g/mol. The summed E-state index contributed by atoms with van der Waals surface area (Å²) in [7, 11) is 2.11. The highest BCUT2D eigenvalue weighted by Crippen LogP contribution is 2.33. The zero-order chi connectivity index (χ0) is 24.9. The Balaban J connectivity index is 1.72. The van der Waals surface area contributed by atoms with Crippen molar-refractivity contribution in [1.29, 1.82) is 0 Å². The molecule has 0 saturated carbocycles. The normalized spacial score (nSPS) is 14.5. The SMILES string of the molecule is Cc1cccc(C(=O)N(CCC(C)C)Cc2c(-c3ccc(F)cc3)noc2N2CCN(C)CC2)c1. The maximum absolute atomic E-state index is 13.7. The first kappa shape index (κ1) is 24.9. The zero-order valence-electron chi connectivity index (χ0n) is 21.1. The topological polar surface area (TPSA) is 52.8 Å². The van der Waals surface area contributed by atoms with Gasteiger partial charge < -0.3 is 19.2 Å². The number of hydrogen-bond acceptors (Lipinski definition) is 5. The van der Waals surface area contributed by atoms with Crippen LogP contribution in [-0.4, -0.2) is 60.6 Å². The van der Waals surface area contributed by atoms with E-state index in [1.807, 2.05) is 36.1 Å². The molecule has 3 aromatic rings. The van der Waals surface area contributed by atoms with Crippen LogP contribution in [0.4, 0.5) is 10.3 Å². The second kappa shape index (κ2) is 11.0. The van der Waals surface area contributed by atoms with Crippen molar-refractivity contribution in [2.45, 2.75) is 33.7 Å². The monoisotopic (exact) mass is 478 g/mol. The first-order chi connectivity index (χ1) is 16.8. The molecule has 7 heteroatoms. The molecule has 0 unspecified atom stereocenters. The molecule has 2 aromatic carbocycles. The molecule has 6 nitrogen and oxygen atoms in total. The molecule has 1 aromatic heterocycles. The van der Waals surface area contributed by atoms with E-state index in [9.17, 15) is 9.18 Å². The Morgan fingerprint density at radius 1 is 1.11 bits per heavy atom. The number of carbonyl (C=O) groups is 1. The summed E-state index contributed by atoms with van der Waals surface area (Å²) in [6.07, 6.45) is 0.887. The number of hydrogen-bond donors (Lipinski definition) is 0. The average Bonchev–Trinajstić information content (AvgIpc) is 3.25. The first-order valence-electron chi connectivity index (χ1n) is 12.4. The lowest BCUT2D eigenvalue weighted by Gasteiger charge is -2.33. The van der Waals surface area contributed by atoms with Crippen molar-refractivity contribution in [3.05, 3.63) is 71.0 Å². The number of nitrogens with zero attached hydrogens (tertiary/aromatic N) is 4. The van der Waals surface area contributed by atoms with Gasteiger partial charge in [-0.05, 0) is 62.7 Å². The van der Waals surface area contributed by atoms with Gasteiger partial charge in [0, 0.05) is 43.9 Å². The van der Waals surface area contributed by atoms with E-state index in [0.717, 1.165) is 49.3 Å². The minimum absolute atomic E-state index is 0.00932. The molecule has 2 heterocycles. The lowest BCUT2D eigenvalue weighted by atomic mass is 10.0. The van der Waals surface area contributed by atoms with Crippen molar-refractivity contribution in [1.82, 2.24) is 15.0 Å². The molecule has 1 fully saturated rings. The van der Waals surface area contributed by atoms with Crippen LogP contribution in [0.15, 0.2) is 53.1 Å². The Hall–Kier alpha value is -3.19. The molecule has 0 N–H and O–H groups in total. The fourth-order valence-electron chi connectivity index (χ4n) is 4.35. The van der Waals surface area contributed by atoms with E-state index < -0.39 is 0 Å². The van der Waals surface area contributed by atoms with Gasteiger partial charge in [-0.3, -0.25) is 4.79 Å². The van der Waals surface area contributed by atoms with Gasteiger partial charge in [-0.1, -0.05) is 36.7 Å². The summed E-state index contributed by atoms with van der Waals surface area (Å²) < 4.78 is 19.6. The van der Waals surface area contributed by atoms with E-state index in [-0.39, 0.29) is 11.7 Å². The summed E-state index contributed by atoms with van der Waals surface area (Å²) in [5.74, 6) is 0.846. The van der Waals surface area contributed by atoms with Crippen molar-refractivity contribution < 1.29 is 13.7 Å². The summed E-state index contributed by atoms with van der Waals surface area (Å²) in [5.41, 5.74) is 4.03. The molecule has 0 aliphatic carbocycles. The van der Waals surface area contributed by atoms with Crippen LogP contribution >= 0.6 is 0 Å². The van der Waals surface area contributed by atoms with Gasteiger partial charge in [-0.15, -0.1) is 0 Å². The molecule has 0 bridgehead atoms. The molecule has 0 spiro atoms. The number of halogens is 1. The van der Waals surface area contributed by atoms with Crippen LogP contribution in [-0.2, 0) is 6.54 Å². The number of amides is 1. The number of anilines is 1. The van der Waals surface area contributed by atoms with Gasteiger partial charge in [0.25, 0.3) is 5.91 Å². The Labute approximate surface area is 207 Å². The maximum Gasteiger partial charge on any atom is 0.254 e. The minimum Gasteiger partial charge on any atom is -0.338 e. The number of benzene rings is 2. The number of aryl methyl sites for hydroxylation is 1. The van der Waals surface area contributed by atoms with Crippen LogP contribution in [0.3, 0.4) is 0 Å². The smallest absolute Gasteiger partial charge is 0.254 e. The second-order valence-electron chi connectivity index (χ2n) is 9.89. The second-order valence-corrected chi connectivity index (χ2v) is 9.89. The lowest BCUT2D eigenvalue weighted by molar-refractivity contribution is 0.0735. The molecule has 0 atom stereocenters.